The molecule has 2 amide bonds. The average Bonchev–Trinajstić information content (AvgIpc) is 3.57. The monoisotopic (exact) mass is 475 g/mol. The fourth-order valence-corrected chi connectivity index (χ4v) is 5.98. The first kappa shape index (κ1) is 24.3. The number of fused-ring (bicyclic) bond motifs is 1. The van der Waals surface area contributed by atoms with Crippen molar-refractivity contribution >= 4 is 30.1 Å². The number of halogens is 1. The van der Waals surface area contributed by atoms with E-state index in [9.17, 15) is 9.59 Å². The van der Waals surface area contributed by atoms with E-state index in [0.29, 0.717) is 12.0 Å². The van der Waals surface area contributed by atoms with E-state index < -0.39 is 5.97 Å². The third kappa shape index (κ3) is 5.83. The number of nitrogens with zero attached hydrogens (tertiary/aromatic N) is 3. The predicted molar refractivity (Wildman–Crippen MR) is 132 cm³/mol. The first-order valence-electron chi connectivity index (χ1n) is 12.7. The molecule has 2 saturated carbocycles. The van der Waals surface area contributed by atoms with Crippen LogP contribution in [0.2, 0.25) is 0 Å². The smallest absolute Gasteiger partial charge is 0.324 e. The van der Waals surface area contributed by atoms with E-state index in [0.717, 1.165) is 82.7 Å². The Kier molecular flexibility index (Phi) is 7.85. The molecule has 0 spiro atoms. The van der Waals surface area contributed by atoms with Crippen LogP contribution < -0.4 is 4.90 Å². The van der Waals surface area contributed by atoms with Crippen LogP contribution in [0.5, 0.6) is 0 Å². The Morgan fingerprint density at radius 3 is 2.30 bits per heavy atom. The van der Waals surface area contributed by atoms with E-state index in [2.05, 4.69) is 28.0 Å². The summed E-state index contributed by atoms with van der Waals surface area (Å²) < 4.78 is 0. The highest BCUT2D eigenvalue weighted by molar-refractivity contribution is 5.94. The highest BCUT2D eigenvalue weighted by Gasteiger charge is 2.36. The van der Waals surface area contributed by atoms with Gasteiger partial charge in [-0.15, -0.1) is 12.4 Å². The van der Waals surface area contributed by atoms with Crippen molar-refractivity contribution in [2.24, 2.45) is 11.8 Å². The Morgan fingerprint density at radius 1 is 0.909 bits per heavy atom. The SMILES string of the molecule is Cl.O=C(O)CCC1CCC(N2CCN(c3ccc4c(c3)CCN(CC3CC3)CC4)C2=O)CC1. The first-order valence-corrected chi connectivity index (χ1v) is 12.7. The molecule has 1 saturated heterocycles. The van der Waals surface area contributed by atoms with Crippen molar-refractivity contribution in [2.45, 2.75) is 70.3 Å². The molecule has 2 aliphatic carbocycles. The molecule has 4 aliphatic rings. The minimum Gasteiger partial charge on any atom is -0.481 e. The van der Waals surface area contributed by atoms with Crippen LogP contribution in [-0.4, -0.2) is 65.7 Å². The van der Waals surface area contributed by atoms with Crippen LogP contribution in [-0.2, 0) is 17.6 Å². The van der Waals surface area contributed by atoms with E-state index in [1.165, 1.54) is 30.5 Å². The summed E-state index contributed by atoms with van der Waals surface area (Å²) in [5.74, 6) is 0.737. The summed E-state index contributed by atoms with van der Waals surface area (Å²) in [4.78, 5) is 30.8. The normalized spacial score (nSPS) is 26.0. The molecule has 6 nitrogen and oxygen atoms in total. The molecular weight excluding hydrogens is 438 g/mol. The summed E-state index contributed by atoms with van der Waals surface area (Å²) in [5, 5.41) is 8.92. The highest BCUT2D eigenvalue weighted by Crippen LogP contribution is 2.34. The van der Waals surface area contributed by atoms with Crippen LogP contribution in [0.4, 0.5) is 10.5 Å². The summed E-state index contributed by atoms with van der Waals surface area (Å²) in [5.41, 5.74) is 3.93. The quantitative estimate of drug-likeness (QED) is 0.626. The number of anilines is 1. The Balaban J connectivity index is 0.00000259. The molecule has 1 N–H and O–H groups in total. The van der Waals surface area contributed by atoms with Gasteiger partial charge in [-0.25, -0.2) is 4.79 Å². The molecule has 5 rings (SSSR count). The Bertz CT molecular complexity index is 851. The van der Waals surface area contributed by atoms with Gasteiger partial charge in [0.05, 0.1) is 0 Å². The van der Waals surface area contributed by atoms with E-state index >= 15 is 0 Å². The Labute approximate surface area is 203 Å². The Hall–Kier alpha value is -1.79. The summed E-state index contributed by atoms with van der Waals surface area (Å²) >= 11 is 0. The minimum absolute atomic E-state index is 0. The lowest BCUT2D eigenvalue weighted by atomic mass is 9.83. The number of hydrogen-bond donors (Lipinski definition) is 1. The van der Waals surface area contributed by atoms with Gasteiger partial charge in [-0.1, -0.05) is 6.07 Å². The van der Waals surface area contributed by atoms with Crippen LogP contribution in [0.15, 0.2) is 18.2 Å². The molecule has 182 valence electrons. The number of aliphatic carboxylic acids is 1. The summed E-state index contributed by atoms with van der Waals surface area (Å²) in [6, 6.07) is 7.16. The molecule has 3 fully saturated rings. The van der Waals surface area contributed by atoms with Gasteiger partial charge in [0.2, 0.25) is 0 Å². The van der Waals surface area contributed by atoms with Crippen molar-refractivity contribution in [2.75, 3.05) is 37.6 Å². The lowest BCUT2D eigenvalue weighted by molar-refractivity contribution is -0.137. The molecule has 1 aromatic rings. The minimum atomic E-state index is -0.700. The second-order valence-corrected chi connectivity index (χ2v) is 10.4. The number of hydrogen-bond acceptors (Lipinski definition) is 3. The number of rotatable bonds is 7. The number of benzene rings is 1. The van der Waals surface area contributed by atoms with Crippen molar-refractivity contribution in [3.05, 3.63) is 29.3 Å². The molecule has 33 heavy (non-hydrogen) atoms. The number of urea groups is 1. The van der Waals surface area contributed by atoms with Gasteiger partial charge in [-0.2, -0.15) is 0 Å². The van der Waals surface area contributed by atoms with Crippen molar-refractivity contribution in [3.8, 4) is 0 Å². The number of carbonyl (C=O) groups excluding carboxylic acids is 1. The van der Waals surface area contributed by atoms with E-state index in [4.69, 9.17) is 5.11 Å². The van der Waals surface area contributed by atoms with Crippen molar-refractivity contribution in [1.82, 2.24) is 9.80 Å². The lowest BCUT2D eigenvalue weighted by Crippen LogP contribution is -2.41. The maximum atomic E-state index is 13.3. The second-order valence-electron chi connectivity index (χ2n) is 10.4. The van der Waals surface area contributed by atoms with Crippen LogP contribution >= 0.6 is 12.4 Å². The van der Waals surface area contributed by atoms with Gasteiger partial charge >= 0.3 is 12.0 Å². The number of carbonyl (C=O) groups is 2. The van der Waals surface area contributed by atoms with Crippen molar-refractivity contribution in [3.63, 3.8) is 0 Å². The van der Waals surface area contributed by atoms with Crippen molar-refractivity contribution < 1.29 is 14.7 Å². The van der Waals surface area contributed by atoms with Crippen molar-refractivity contribution in [1.29, 1.82) is 0 Å². The molecule has 0 radical (unpaired) electrons. The van der Waals surface area contributed by atoms with Crippen LogP contribution in [0.25, 0.3) is 0 Å². The van der Waals surface area contributed by atoms with Gasteiger partial charge in [-0.05, 0) is 92.9 Å². The average molecular weight is 476 g/mol. The third-order valence-corrected chi connectivity index (χ3v) is 8.17. The molecule has 0 bridgehead atoms. The molecular formula is C26H38ClN3O3. The summed E-state index contributed by atoms with van der Waals surface area (Å²) in [6.07, 6.45) is 10.1. The fourth-order valence-electron chi connectivity index (χ4n) is 5.98. The zero-order valence-corrected chi connectivity index (χ0v) is 20.4. The molecule has 0 unspecified atom stereocenters. The van der Waals surface area contributed by atoms with Crippen LogP contribution in [0.3, 0.4) is 0 Å². The van der Waals surface area contributed by atoms with Gasteiger partial charge in [0.25, 0.3) is 0 Å². The molecule has 2 aliphatic heterocycles. The number of amides is 2. The molecule has 0 aromatic heterocycles. The fraction of sp³-hybridized carbons (Fsp3) is 0.692. The number of carboxylic acids is 1. The Morgan fingerprint density at radius 2 is 1.61 bits per heavy atom. The topological polar surface area (TPSA) is 64.1 Å². The second kappa shape index (κ2) is 10.6. The highest BCUT2D eigenvalue weighted by atomic mass is 35.5. The largest absolute Gasteiger partial charge is 0.481 e. The van der Waals surface area contributed by atoms with Gasteiger partial charge in [0.1, 0.15) is 0 Å². The third-order valence-electron chi connectivity index (χ3n) is 8.17. The summed E-state index contributed by atoms with van der Waals surface area (Å²) in [6.45, 7) is 5.13. The van der Waals surface area contributed by atoms with Gasteiger partial charge in [0.15, 0.2) is 0 Å². The molecule has 2 heterocycles. The van der Waals surface area contributed by atoms with Crippen LogP contribution in [0, 0.1) is 11.8 Å². The van der Waals surface area contributed by atoms with Gasteiger partial charge in [-0.3, -0.25) is 9.69 Å². The predicted octanol–water partition coefficient (Wildman–Crippen LogP) is 4.58. The van der Waals surface area contributed by atoms with Gasteiger partial charge < -0.3 is 14.9 Å². The molecule has 1 aromatic carbocycles. The van der Waals surface area contributed by atoms with E-state index in [1.54, 1.807) is 0 Å². The molecule has 0 atom stereocenters. The van der Waals surface area contributed by atoms with Gasteiger partial charge in [0, 0.05) is 50.9 Å². The first-order chi connectivity index (χ1) is 15.6. The van der Waals surface area contributed by atoms with Crippen LogP contribution in [0.1, 0.15) is 62.5 Å². The zero-order valence-electron chi connectivity index (χ0n) is 19.6. The van der Waals surface area contributed by atoms with E-state index in [-0.39, 0.29) is 24.9 Å². The molecule has 7 heteroatoms. The maximum Gasteiger partial charge on any atom is 0.324 e. The summed E-state index contributed by atoms with van der Waals surface area (Å²) in [7, 11) is 0. The standard InChI is InChI=1S/C26H37N3O3.ClH/c30-25(31)10-5-19-3-7-23(8-4-19)28-15-16-29(26(28)32)24-9-6-21-11-13-27(18-20-1-2-20)14-12-22(21)17-24;/h6,9,17,19-20,23H,1-5,7-8,10-16,18H2,(H,30,31);1H. The zero-order chi connectivity index (χ0) is 22.1. The number of carboxylic acid groups (broad SMARTS) is 1. The lowest BCUT2D eigenvalue weighted by Gasteiger charge is -2.34. The van der Waals surface area contributed by atoms with E-state index in [1.807, 2.05) is 4.90 Å². The maximum absolute atomic E-state index is 13.3.